The van der Waals surface area contributed by atoms with Gasteiger partial charge in [0.1, 0.15) is 0 Å². The van der Waals surface area contributed by atoms with Gasteiger partial charge in [0.05, 0.1) is 16.7 Å². The number of benzene rings is 2. The Kier molecular flexibility index (Phi) is 2.78. The van der Waals surface area contributed by atoms with Crippen LogP contribution in [0.25, 0.3) is 11.0 Å². The predicted octanol–water partition coefficient (Wildman–Crippen LogP) is 3.05. The van der Waals surface area contributed by atoms with Gasteiger partial charge in [-0.1, -0.05) is 23.8 Å². The Morgan fingerprint density at radius 3 is 1.96 bits per heavy atom. The van der Waals surface area contributed by atoms with Gasteiger partial charge >= 0.3 is 0 Å². The number of amides is 2. The molecule has 1 aromatic heterocycles. The van der Waals surface area contributed by atoms with Crippen molar-refractivity contribution in [1.29, 1.82) is 0 Å². The van der Waals surface area contributed by atoms with E-state index >= 15 is 0 Å². The summed E-state index contributed by atoms with van der Waals surface area (Å²) < 4.78 is 0. The molecule has 1 aliphatic rings. The number of hydrogen-bond donors (Lipinski definition) is 0. The van der Waals surface area contributed by atoms with Crippen LogP contribution < -0.4 is 4.90 Å². The van der Waals surface area contributed by atoms with Crippen LogP contribution in [0, 0.1) is 13.8 Å². The fourth-order valence-corrected chi connectivity index (χ4v) is 2.69. The second kappa shape index (κ2) is 4.71. The number of aryl methyl sites for hydroxylation is 2. The number of imide groups is 1. The molecule has 0 fully saturated rings. The maximum Gasteiger partial charge on any atom is 0.286 e. The Labute approximate surface area is 132 Å². The standard InChI is InChI=1S/C18H13N3O2/c1-10-3-6-12(7-4-10)21-17(22)15-16(18(21)23)20-14-9-11(2)5-8-13(14)19-15/h3-9H,1-2H3. The highest BCUT2D eigenvalue weighted by molar-refractivity contribution is 6.33. The average molecular weight is 303 g/mol. The summed E-state index contributed by atoms with van der Waals surface area (Å²) in [6, 6.07) is 12.8. The third-order valence-electron chi connectivity index (χ3n) is 3.92. The van der Waals surface area contributed by atoms with Crippen molar-refractivity contribution in [1.82, 2.24) is 9.97 Å². The molecule has 0 aliphatic carbocycles. The van der Waals surface area contributed by atoms with Gasteiger partial charge in [-0.25, -0.2) is 14.9 Å². The van der Waals surface area contributed by atoms with Gasteiger partial charge < -0.3 is 0 Å². The second-order valence-electron chi connectivity index (χ2n) is 5.69. The van der Waals surface area contributed by atoms with Gasteiger partial charge in [0, 0.05) is 0 Å². The van der Waals surface area contributed by atoms with Crippen molar-refractivity contribution >= 4 is 28.5 Å². The first-order valence-electron chi connectivity index (χ1n) is 7.28. The normalized spacial score (nSPS) is 13.7. The highest BCUT2D eigenvalue weighted by Gasteiger charge is 2.39. The van der Waals surface area contributed by atoms with Gasteiger partial charge in [-0.3, -0.25) is 9.59 Å². The van der Waals surface area contributed by atoms with E-state index in [9.17, 15) is 9.59 Å². The summed E-state index contributed by atoms with van der Waals surface area (Å²) in [5.41, 5.74) is 4.09. The first-order chi connectivity index (χ1) is 11.0. The van der Waals surface area contributed by atoms with E-state index in [2.05, 4.69) is 9.97 Å². The highest BCUT2D eigenvalue weighted by atomic mass is 16.2. The second-order valence-corrected chi connectivity index (χ2v) is 5.69. The summed E-state index contributed by atoms with van der Waals surface area (Å²) in [7, 11) is 0. The average Bonchev–Trinajstić information content (AvgIpc) is 2.78. The zero-order valence-electron chi connectivity index (χ0n) is 12.7. The van der Waals surface area contributed by atoms with Crippen LogP contribution in [-0.4, -0.2) is 21.8 Å². The maximum atomic E-state index is 12.6. The smallest absolute Gasteiger partial charge is 0.266 e. The van der Waals surface area contributed by atoms with Crippen molar-refractivity contribution < 1.29 is 9.59 Å². The van der Waals surface area contributed by atoms with Gasteiger partial charge in [-0.15, -0.1) is 0 Å². The number of fused-ring (bicyclic) bond motifs is 2. The SMILES string of the molecule is Cc1ccc(N2C(=O)c3nc4ccc(C)cc4nc3C2=O)cc1. The molecule has 23 heavy (non-hydrogen) atoms. The van der Waals surface area contributed by atoms with Crippen molar-refractivity contribution in [3.8, 4) is 0 Å². The van der Waals surface area contributed by atoms with E-state index in [1.807, 2.05) is 44.2 Å². The van der Waals surface area contributed by atoms with Crippen molar-refractivity contribution in [2.75, 3.05) is 4.90 Å². The molecule has 0 bridgehead atoms. The van der Waals surface area contributed by atoms with Crippen LogP contribution in [-0.2, 0) is 0 Å². The number of anilines is 1. The summed E-state index contributed by atoms with van der Waals surface area (Å²) in [6.07, 6.45) is 0. The van der Waals surface area contributed by atoms with E-state index in [-0.39, 0.29) is 11.4 Å². The third-order valence-corrected chi connectivity index (χ3v) is 3.92. The van der Waals surface area contributed by atoms with E-state index in [4.69, 9.17) is 0 Å². The minimum absolute atomic E-state index is 0.118. The predicted molar refractivity (Wildman–Crippen MR) is 86.6 cm³/mol. The van der Waals surface area contributed by atoms with Crippen LogP contribution in [0.3, 0.4) is 0 Å². The molecule has 0 saturated carbocycles. The monoisotopic (exact) mass is 303 g/mol. The van der Waals surface area contributed by atoms with Crippen LogP contribution in [0.2, 0.25) is 0 Å². The molecule has 2 heterocycles. The molecule has 2 aromatic carbocycles. The molecule has 0 radical (unpaired) electrons. The first kappa shape index (κ1) is 13.6. The minimum Gasteiger partial charge on any atom is -0.266 e. The van der Waals surface area contributed by atoms with Crippen molar-refractivity contribution in [2.24, 2.45) is 0 Å². The molecule has 4 rings (SSSR count). The Morgan fingerprint density at radius 1 is 0.739 bits per heavy atom. The Morgan fingerprint density at radius 2 is 1.30 bits per heavy atom. The molecule has 112 valence electrons. The van der Waals surface area contributed by atoms with Gasteiger partial charge in [-0.2, -0.15) is 0 Å². The lowest BCUT2D eigenvalue weighted by molar-refractivity contribution is 0.0923. The van der Waals surface area contributed by atoms with Crippen LogP contribution in [0.1, 0.15) is 32.1 Å². The van der Waals surface area contributed by atoms with Crippen molar-refractivity contribution in [2.45, 2.75) is 13.8 Å². The van der Waals surface area contributed by atoms with E-state index in [0.717, 1.165) is 16.0 Å². The lowest BCUT2D eigenvalue weighted by Gasteiger charge is -2.13. The van der Waals surface area contributed by atoms with Crippen molar-refractivity contribution in [3.63, 3.8) is 0 Å². The number of nitrogens with zero attached hydrogens (tertiary/aromatic N) is 3. The molecule has 5 heteroatoms. The van der Waals surface area contributed by atoms with Crippen LogP contribution >= 0.6 is 0 Å². The maximum absolute atomic E-state index is 12.6. The van der Waals surface area contributed by atoms with Gasteiger partial charge in [0.2, 0.25) is 0 Å². The number of carbonyl (C=O) groups excluding carboxylic acids is 2. The molecule has 0 atom stereocenters. The molecule has 1 aliphatic heterocycles. The van der Waals surface area contributed by atoms with Crippen LogP contribution in [0.4, 0.5) is 5.69 Å². The molecule has 0 spiro atoms. The quantitative estimate of drug-likeness (QED) is 0.648. The van der Waals surface area contributed by atoms with Gasteiger partial charge in [0.25, 0.3) is 11.8 Å². The summed E-state index contributed by atoms with van der Waals surface area (Å²) >= 11 is 0. The largest absolute Gasteiger partial charge is 0.286 e. The van der Waals surface area contributed by atoms with Crippen LogP contribution in [0.15, 0.2) is 42.5 Å². The molecule has 5 nitrogen and oxygen atoms in total. The van der Waals surface area contributed by atoms with Gasteiger partial charge in [-0.05, 0) is 43.7 Å². The van der Waals surface area contributed by atoms with E-state index < -0.39 is 11.8 Å². The lowest BCUT2D eigenvalue weighted by atomic mass is 10.2. The zero-order valence-corrected chi connectivity index (χ0v) is 12.7. The Bertz CT molecular complexity index is 977. The third kappa shape index (κ3) is 2.01. The summed E-state index contributed by atoms with van der Waals surface area (Å²) in [6.45, 7) is 3.89. The fraction of sp³-hybridized carbons (Fsp3) is 0.111. The molecule has 0 N–H and O–H groups in total. The molecule has 0 saturated heterocycles. The molecule has 2 amide bonds. The first-order valence-corrected chi connectivity index (χ1v) is 7.28. The molecular weight excluding hydrogens is 290 g/mol. The number of aromatic nitrogens is 2. The van der Waals surface area contributed by atoms with Crippen molar-refractivity contribution in [3.05, 3.63) is 65.0 Å². The number of rotatable bonds is 1. The number of carbonyl (C=O) groups is 2. The number of hydrogen-bond acceptors (Lipinski definition) is 4. The summed E-state index contributed by atoms with van der Waals surface area (Å²) in [5, 5.41) is 0. The molecular formula is C18H13N3O2. The summed E-state index contributed by atoms with van der Waals surface area (Å²) in [4.78, 5) is 35.1. The highest BCUT2D eigenvalue weighted by Crippen LogP contribution is 2.28. The van der Waals surface area contributed by atoms with Crippen LogP contribution in [0.5, 0.6) is 0 Å². The Balaban J connectivity index is 1.88. The zero-order chi connectivity index (χ0) is 16.1. The minimum atomic E-state index is -0.427. The van der Waals surface area contributed by atoms with E-state index in [1.54, 1.807) is 12.1 Å². The molecule has 0 unspecified atom stereocenters. The van der Waals surface area contributed by atoms with E-state index in [1.165, 1.54) is 0 Å². The van der Waals surface area contributed by atoms with E-state index in [0.29, 0.717) is 16.7 Å². The van der Waals surface area contributed by atoms with Gasteiger partial charge in [0.15, 0.2) is 11.4 Å². The Hall–Kier alpha value is -3.08. The lowest BCUT2D eigenvalue weighted by Crippen LogP contribution is -2.29. The topological polar surface area (TPSA) is 63.2 Å². The summed E-state index contributed by atoms with van der Waals surface area (Å²) in [5.74, 6) is -0.853. The fourth-order valence-electron chi connectivity index (χ4n) is 2.69. The molecule has 3 aromatic rings.